The normalized spacial score (nSPS) is 19.4. The van der Waals surface area contributed by atoms with E-state index in [-0.39, 0.29) is 29.5 Å². The number of fused-ring (bicyclic) bond motifs is 1. The molecule has 1 saturated carbocycles. The number of carbonyl (C=O) groups is 1. The van der Waals surface area contributed by atoms with Crippen molar-refractivity contribution in [3.8, 4) is 22.3 Å². The Hall–Kier alpha value is -4.80. The summed E-state index contributed by atoms with van der Waals surface area (Å²) in [5, 5.41) is 4.18. The number of likely N-dealkylation sites (N-methyl/N-ethyl adjacent to an activating group) is 1. The van der Waals surface area contributed by atoms with Crippen LogP contribution in [0.25, 0.3) is 39.0 Å². The van der Waals surface area contributed by atoms with Gasteiger partial charge in [-0.1, -0.05) is 42.9 Å². The summed E-state index contributed by atoms with van der Waals surface area (Å²) in [7, 11) is 2.21. The van der Waals surface area contributed by atoms with E-state index in [1.807, 2.05) is 32.3 Å². The van der Waals surface area contributed by atoms with Gasteiger partial charge in [0, 0.05) is 73.8 Å². The van der Waals surface area contributed by atoms with Crippen LogP contribution < -0.4 is 5.56 Å². The molecule has 10 heteroatoms. The van der Waals surface area contributed by atoms with Gasteiger partial charge in [0.05, 0.1) is 22.8 Å². The lowest BCUT2D eigenvalue weighted by Crippen LogP contribution is -2.45. The number of allylic oxidation sites excluding steroid dienone is 1. The number of hydrogen-bond acceptors (Lipinski definition) is 7. The van der Waals surface area contributed by atoms with Gasteiger partial charge in [0.15, 0.2) is 0 Å². The molecule has 5 heterocycles. The van der Waals surface area contributed by atoms with E-state index in [1.54, 1.807) is 0 Å². The maximum atomic E-state index is 14.2. The van der Waals surface area contributed by atoms with Crippen LogP contribution in [0.5, 0.6) is 0 Å². The second-order valence-electron chi connectivity index (χ2n) is 17.5. The molecule has 1 amide bonds. The molecule has 3 aliphatic rings. The largest absolute Gasteiger partial charge is 0.361 e. The summed E-state index contributed by atoms with van der Waals surface area (Å²) in [5.74, 6) is 1.72. The van der Waals surface area contributed by atoms with Crippen molar-refractivity contribution in [3.05, 3.63) is 99.1 Å². The molecule has 0 radical (unpaired) electrons. The summed E-state index contributed by atoms with van der Waals surface area (Å²) in [6, 6.07) is 13.2. The third-order valence-corrected chi connectivity index (χ3v) is 13.2. The van der Waals surface area contributed by atoms with Crippen LogP contribution in [0.1, 0.15) is 97.9 Å². The summed E-state index contributed by atoms with van der Waals surface area (Å²) in [4.78, 5) is 40.6. The quantitative estimate of drug-likeness (QED) is 0.111. The Labute approximate surface area is 343 Å². The second kappa shape index (κ2) is 16.5. The lowest BCUT2D eigenvalue weighted by atomic mass is 9.88. The molecule has 0 bridgehead atoms. The summed E-state index contributed by atoms with van der Waals surface area (Å²) in [6.07, 6.45) is 9.66. The molecular formula is C48H61N7O3. The number of amides is 1. The molecule has 2 aliphatic heterocycles. The van der Waals surface area contributed by atoms with Gasteiger partial charge in [0.25, 0.3) is 5.56 Å². The van der Waals surface area contributed by atoms with Gasteiger partial charge in [-0.05, 0) is 139 Å². The van der Waals surface area contributed by atoms with Gasteiger partial charge in [-0.2, -0.15) is 0 Å². The molecule has 1 aliphatic carbocycles. The molecule has 306 valence electrons. The van der Waals surface area contributed by atoms with Gasteiger partial charge in [-0.25, -0.2) is 4.98 Å². The third kappa shape index (κ3) is 7.85. The van der Waals surface area contributed by atoms with Crippen molar-refractivity contribution in [2.45, 2.75) is 112 Å². The summed E-state index contributed by atoms with van der Waals surface area (Å²) in [6.45, 7) is 22.8. The minimum absolute atomic E-state index is 0.0172. The molecule has 2 unspecified atom stereocenters. The molecule has 0 N–H and O–H groups in total. The standard InChI is InChI=1S/C48H61N7O3/c1-9-36-26-38(14-13-37(36)12-10-11-19-52-22-20-51(8)21-23-52)41-29-53(48(57)32(5)31(41)4)28-35-24-44(55(40-16-17-40)45(56)25-35)47-49-42-27-39(46-33(6)50-58-34(46)7)15-18-43(42)54(47)30(2)3/h13-15,18,26-27,29,35,40,44H,2,9-12,16-17,19-25,28H2,1,3-8H3. The predicted molar refractivity (Wildman–Crippen MR) is 233 cm³/mol. The number of pyridine rings is 1. The van der Waals surface area contributed by atoms with Gasteiger partial charge in [0.2, 0.25) is 5.91 Å². The van der Waals surface area contributed by atoms with Crippen molar-refractivity contribution in [3.63, 3.8) is 0 Å². The van der Waals surface area contributed by atoms with Crippen molar-refractivity contribution < 1.29 is 9.32 Å². The first-order valence-electron chi connectivity index (χ1n) is 21.6. The molecule has 3 fully saturated rings. The van der Waals surface area contributed by atoms with Crippen molar-refractivity contribution >= 4 is 22.6 Å². The van der Waals surface area contributed by atoms with Crippen LogP contribution in [0.2, 0.25) is 0 Å². The molecule has 10 nitrogen and oxygen atoms in total. The van der Waals surface area contributed by atoms with Gasteiger partial charge < -0.3 is 23.8 Å². The van der Waals surface area contributed by atoms with E-state index < -0.39 is 0 Å². The fraction of sp³-hybridized carbons (Fsp3) is 0.500. The van der Waals surface area contributed by atoms with E-state index in [2.05, 4.69) is 94.5 Å². The van der Waals surface area contributed by atoms with Crippen LogP contribution in [0.4, 0.5) is 0 Å². The Morgan fingerprint density at radius 2 is 1.69 bits per heavy atom. The van der Waals surface area contributed by atoms with Crippen molar-refractivity contribution in [2.24, 2.45) is 5.92 Å². The maximum Gasteiger partial charge on any atom is 0.253 e. The zero-order valence-corrected chi connectivity index (χ0v) is 35.7. The smallest absolute Gasteiger partial charge is 0.253 e. The monoisotopic (exact) mass is 783 g/mol. The average molecular weight is 784 g/mol. The molecule has 0 spiro atoms. The fourth-order valence-electron chi connectivity index (χ4n) is 9.68. The second-order valence-corrected chi connectivity index (χ2v) is 17.5. The first-order chi connectivity index (χ1) is 27.9. The Balaban J connectivity index is 1.05. The number of likely N-dealkylation sites (tertiary alicyclic amines) is 1. The Morgan fingerprint density at radius 3 is 2.38 bits per heavy atom. The van der Waals surface area contributed by atoms with Crippen LogP contribution in [-0.2, 0) is 24.2 Å². The van der Waals surface area contributed by atoms with E-state index in [9.17, 15) is 9.59 Å². The lowest BCUT2D eigenvalue weighted by molar-refractivity contribution is -0.140. The van der Waals surface area contributed by atoms with Crippen LogP contribution in [0.15, 0.2) is 58.5 Å². The molecule has 5 aromatic rings. The number of piperazine rings is 1. The Morgan fingerprint density at radius 1 is 0.931 bits per heavy atom. The number of piperidine rings is 1. The van der Waals surface area contributed by atoms with Gasteiger partial charge >= 0.3 is 0 Å². The Kier molecular flexibility index (Phi) is 11.3. The van der Waals surface area contributed by atoms with E-state index in [4.69, 9.17) is 9.51 Å². The molecule has 58 heavy (non-hydrogen) atoms. The van der Waals surface area contributed by atoms with Gasteiger partial charge in [0.1, 0.15) is 11.6 Å². The number of carbonyl (C=O) groups excluding carboxylic acids is 1. The number of aromatic nitrogens is 4. The maximum absolute atomic E-state index is 14.2. The van der Waals surface area contributed by atoms with Gasteiger partial charge in [-0.15, -0.1) is 0 Å². The molecule has 2 aromatic carbocycles. The highest BCUT2D eigenvalue weighted by molar-refractivity contribution is 5.86. The number of benzene rings is 2. The summed E-state index contributed by atoms with van der Waals surface area (Å²) in [5.41, 5.74) is 12.3. The van der Waals surface area contributed by atoms with Crippen LogP contribution in [-0.4, -0.2) is 85.7 Å². The molecular weight excluding hydrogens is 723 g/mol. The third-order valence-electron chi connectivity index (χ3n) is 13.2. The fourth-order valence-corrected chi connectivity index (χ4v) is 9.68. The molecule has 8 rings (SSSR count). The number of aryl methyl sites for hydroxylation is 4. The molecule has 3 aromatic heterocycles. The highest BCUT2D eigenvalue weighted by Crippen LogP contribution is 2.44. The van der Waals surface area contributed by atoms with E-state index >= 15 is 0 Å². The Bertz CT molecular complexity index is 2390. The number of rotatable bonds is 13. The van der Waals surface area contributed by atoms with Crippen molar-refractivity contribution in [2.75, 3.05) is 39.8 Å². The molecule has 2 atom stereocenters. The van der Waals surface area contributed by atoms with Crippen LogP contribution >= 0.6 is 0 Å². The number of unbranched alkanes of at least 4 members (excludes halogenated alkanes) is 1. The highest BCUT2D eigenvalue weighted by atomic mass is 16.5. The minimum atomic E-state index is -0.228. The number of hydrogen-bond donors (Lipinski definition) is 0. The van der Waals surface area contributed by atoms with E-state index in [0.717, 1.165) is 106 Å². The van der Waals surface area contributed by atoms with Crippen LogP contribution in [0.3, 0.4) is 0 Å². The first-order valence-corrected chi connectivity index (χ1v) is 21.6. The zero-order valence-electron chi connectivity index (χ0n) is 35.7. The SMILES string of the molecule is C=C(C)n1c(C2CC(Cn3cc(-c4ccc(CCCCN5CCN(C)CC5)c(CC)c4)c(C)c(C)c3=O)CC(=O)N2C2CC2)nc2cc(-c3c(C)noc3C)ccc21. The first kappa shape index (κ1) is 40.0. The zero-order chi connectivity index (χ0) is 40.8. The topological polar surface area (TPSA) is 92.6 Å². The summed E-state index contributed by atoms with van der Waals surface area (Å²) < 4.78 is 9.50. The van der Waals surface area contributed by atoms with Crippen molar-refractivity contribution in [1.82, 2.24) is 34.0 Å². The average Bonchev–Trinajstić information content (AvgIpc) is 3.88. The van der Waals surface area contributed by atoms with E-state index in [0.29, 0.717) is 19.4 Å². The number of imidazole rings is 1. The van der Waals surface area contributed by atoms with Crippen molar-refractivity contribution in [1.29, 1.82) is 0 Å². The number of nitrogens with zero attached hydrogens (tertiary/aromatic N) is 7. The highest BCUT2D eigenvalue weighted by Gasteiger charge is 2.45. The summed E-state index contributed by atoms with van der Waals surface area (Å²) >= 11 is 0. The van der Waals surface area contributed by atoms with Gasteiger partial charge in [-0.3, -0.25) is 14.2 Å². The van der Waals surface area contributed by atoms with E-state index in [1.165, 1.54) is 43.6 Å². The van der Waals surface area contributed by atoms with Crippen LogP contribution in [0, 0.1) is 33.6 Å². The predicted octanol–water partition coefficient (Wildman–Crippen LogP) is 8.52. The lowest BCUT2D eigenvalue weighted by Gasteiger charge is -2.39. The molecule has 2 saturated heterocycles. The minimum Gasteiger partial charge on any atom is -0.361 e.